The number of rotatable bonds is 4. The minimum Gasteiger partial charge on any atom is -0.481 e. The van der Waals surface area contributed by atoms with E-state index in [2.05, 4.69) is 0 Å². The molecule has 19 heavy (non-hydrogen) atoms. The minimum atomic E-state index is -0.806. The second-order valence-electron chi connectivity index (χ2n) is 5.08. The van der Waals surface area contributed by atoms with Gasteiger partial charge in [0.05, 0.1) is 12.5 Å². The Kier molecular flexibility index (Phi) is 5.28. The third-order valence-electron chi connectivity index (χ3n) is 3.48. The Morgan fingerprint density at radius 3 is 2.53 bits per heavy atom. The first kappa shape index (κ1) is 14.4. The number of aliphatic hydroxyl groups is 1. The van der Waals surface area contributed by atoms with Gasteiger partial charge in [0, 0.05) is 10.1 Å². The molecule has 2 unspecified atom stereocenters. The number of benzene rings is 1. The van der Waals surface area contributed by atoms with Crippen molar-refractivity contribution in [1.82, 2.24) is 0 Å². The molecule has 0 heterocycles. The molecule has 0 amide bonds. The average molecular weight is 280 g/mol. The summed E-state index contributed by atoms with van der Waals surface area (Å²) in [4.78, 5) is 11.7. The predicted octanol–water partition coefficient (Wildman–Crippen LogP) is 3.10. The lowest BCUT2D eigenvalue weighted by atomic mass is 10.1. The summed E-state index contributed by atoms with van der Waals surface area (Å²) < 4.78 is 0. The quantitative estimate of drug-likeness (QED) is 0.832. The highest BCUT2D eigenvalue weighted by atomic mass is 32.2. The maximum Gasteiger partial charge on any atom is 0.307 e. The van der Waals surface area contributed by atoms with Gasteiger partial charge in [0.15, 0.2) is 0 Å². The van der Waals surface area contributed by atoms with Crippen LogP contribution in [0.3, 0.4) is 0 Å². The molecule has 3 nitrogen and oxygen atoms in total. The Hall–Kier alpha value is -1.00. The van der Waals surface area contributed by atoms with E-state index in [9.17, 15) is 9.90 Å². The van der Waals surface area contributed by atoms with Crippen molar-refractivity contribution >= 4 is 17.7 Å². The lowest BCUT2D eigenvalue weighted by Gasteiger charge is -2.19. The van der Waals surface area contributed by atoms with Crippen LogP contribution < -0.4 is 0 Å². The number of thioether (sulfide) groups is 1. The van der Waals surface area contributed by atoms with E-state index in [1.54, 1.807) is 11.8 Å². The molecule has 1 saturated carbocycles. The van der Waals surface area contributed by atoms with Gasteiger partial charge in [0.1, 0.15) is 0 Å². The Labute approximate surface area is 118 Å². The Balaban J connectivity index is 1.96. The van der Waals surface area contributed by atoms with Gasteiger partial charge in [-0.15, -0.1) is 11.8 Å². The van der Waals surface area contributed by atoms with Crippen molar-refractivity contribution in [3.05, 3.63) is 29.8 Å². The SMILES string of the molecule is O=C(O)Cc1ccc(SC2CCCCCC2O)cc1. The molecule has 0 aliphatic heterocycles. The van der Waals surface area contributed by atoms with E-state index in [1.165, 1.54) is 12.8 Å². The van der Waals surface area contributed by atoms with Crippen molar-refractivity contribution in [2.75, 3.05) is 0 Å². The number of carboxylic acid groups (broad SMARTS) is 1. The van der Waals surface area contributed by atoms with Gasteiger partial charge in [-0.1, -0.05) is 31.4 Å². The third-order valence-corrected chi connectivity index (χ3v) is 4.88. The van der Waals surface area contributed by atoms with Crippen molar-refractivity contribution in [2.24, 2.45) is 0 Å². The van der Waals surface area contributed by atoms with Gasteiger partial charge in [-0.3, -0.25) is 4.79 Å². The van der Waals surface area contributed by atoms with Crippen LogP contribution in [0.1, 0.15) is 37.7 Å². The van der Waals surface area contributed by atoms with Gasteiger partial charge in [-0.25, -0.2) is 0 Å². The Morgan fingerprint density at radius 2 is 1.84 bits per heavy atom. The number of hydrogen-bond acceptors (Lipinski definition) is 3. The topological polar surface area (TPSA) is 57.5 Å². The summed E-state index contributed by atoms with van der Waals surface area (Å²) >= 11 is 1.72. The van der Waals surface area contributed by atoms with Gasteiger partial charge < -0.3 is 10.2 Å². The molecule has 0 saturated heterocycles. The molecule has 0 bridgehead atoms. The van der Waals surface area contributed by atoms with E-state index in [4.69, 9.17) is 5.11 Å². The van der Waals surface area contributed by atoms with Crippen molar-refractivity contribution < 1.29 is 15.0 Å². The number of aliphatic carboxylic acids is 1. The molecule has 0 aromatic heterocycles. The van der Waals surface area contributed by atoms with Gasteiger partial charge in [-0.2, -0.15) is 0 Å². The number of hydrogen-bond donors (Lipinski definition) is 2. The fraction of sp³-hybridized carbons (Fsp3) is 0.533. The molecule has 104 valence electrons. The van der Waals surface area contributed by atoms with Crippen LogP contribution in [-0.4, -0.2) is 27.5 Å². The highest BCUT2D eigenvalue weighted by Crippen LogP contribution is 2.33. The number of aliphatic hydroxyl groups excluding tert-OH is 1. The van der Waals surface area contributed by atoms with Crippen molar-refractivity contribution in [3.63, 3.8) is 0 Å². The molecule has 2 atom stereocenters. The first-order valence-corrected chi connectivity index (χ1v) is 7.68. The summed E-state index contributed by atoms with van der Waals surface area (Å²) in [7, 11) is 0. The van der Waals surface area contributed by atoms with Crippen LogP contribution in [0.2, 0.25) is 0 Å². The van der Waals surface area contributed by atoms with Gasteiger partial charge in [0.2, 0.25) is 0 Å². The van der Waals surface area contributed by atoms with E-state index >= 15 is 0 Å². The third kappa shape index (κ3) is 4.55. The van der Waals surface area contributed by atoms with Crippen molar-refractivity contribution in [3.8, 4) is 0 Å². The van der Waals surface area contributed by atoms with Crippen molar-refractivity contribution in [2.45, 2.75) is 54.8 Å². The lowest BCUT2D eigenvalue weighted by Crippen LogP contribution is -2.21. The van der Waals surface area contributed by atoms with Crippen molar-refractivity contribution in [1.29, 1.82) is 0 Å². The maximum atomic E-state index is 10.6. The van der Waals surface area contributed by atoms with Crippen LogP contribution in [0.5, 0.6) is 0 Å². The zero-order valence-corrected chi connectivity index (χ0v) is 11.7. The fourth-order valence-corrected chi connectivity index (χ4v) is 3.65. The van der Waals surface area contributed by atoms with Gasteiger partial charge in [-0.05, 0) is 30.5 Å². The fourth-order valence-electron chi connectivity index (χ4n) is 2.43. The second kappa shape index (κ2) is 6.96. The predicted molar refractivity (Wildman–Crippen MR) is 76.5 cm³/mol. The first-order chi connectivity index (χ1) is 9.15. The highest BCUT2D eigenvalue weighted by molar-refractivity contribution is 8.00. The van der Waals surface area contributed by atoms with Crippen LogP contribution in [0.4, 0.5) is 0 Å². The van der Waals surface area contributed by atoms with E-state index in [-0.39, 0.29) is 17.8 Å². The number of carbonyl (C=O) groups is 1. The molecule has 4 heteroatoms. The van der Waals surface area contributed by atoms with Gasteiger partial charge in [0.25, 0.3) is 0 Å². The van der Waals surface area contributed by atoms with E-state index in [0.717, 1.165) is 29.7 Å². The summed E-state index contributed by atoms with van der Waals surface area (Å²) in [6, 6.07) is 7.64. The van der Waals surface area contributed by atoms with E-state index in [1.807, 2.05) is 24.3 Å². The second-order valence-corrected chi connectivity index (χ2v) is 6.39. The summed E-state index contributed by atoms with van der Waals surface area (Å²) in [5.41, 5.74) is 0.818. The largest absolute Gasteiger partial charge is 0.481 e. The molecule has 2 N–H and O–H groups in total. The van der Waals surface area contributed by atoms with Crippen LogP contribution >= 0.6 is 11.8 Å². The normalized spacial score (nSPS) is 23.8. The zero-order chi connectivity index (χ0) is 13.7. The standard InChI is InChI=1S/C15H20O3S/c16-13-4-2-1-3-5-14(13)19-12-8-6-11(7-9-12)10-15(17)18/h6-9,13-14,16H,1-5,10H2,(H,17,18). The maximum absolute atomic E-state index is 10.6. The average Bonchev–Trinajstić information content (AvgIpc) is 2.57. The molecular formula is C15H20O3S. The summed E-state index contributed by atoms with van der Waals surface area (Å²) in [5.74, 6) is -0.806. The molecule has 1 fully saturated rings. The summed E-state index contributed by atoms with van der Waals surface area (Å²) in [6.07, 6.45) is 5.33. The zero-order valence-electron chi connectivity index (χ0n) is 10.9. The molecular weight excluding hydrogens is 260 g/mol. The van der Waals surface area contributed by atoms with Crippen LogP contribution in [-0.2, 0) is 11.2 Å². The van der Waals surface area contributed by atoms with Crippen LogP contribution in [0.15, 0.2) is 29.2 Å². The lowest BCUT2D eigenvalue weighted by molar-refractivity contribution is -0.136. The Morgan fingerprint density at radius 1 is 1.16 bits per heavy atom. The minimum absolute atomic E-state index is 0.0665. The molecule has 0 spiro atoms. The molecule has 0 radical (unpaired) electrons. The Bertz CT molecular complexity index is 416. The van der Waals surface area contributed by atoms with Gasteiger partial charge >= 0.3 is 5.97 Å². The molecule has 2 rings (SSSR count). The smallest absolute Gasteiger partial charge is 0.307 e. The molecule has 1 aliphatic rings. The first-order valence-electron chi connectivity index (χ1n) is 6.80. The molecule has 1 aromatic rings. The van der Waals surface area contributed by atoms with E-state index in [0.29, 0.717) is 0 Å². The highest BCUT2D eigenvalue weighted by Gasteiger charge is 2.22. The monoisotopic (exact) mass is 280 g/mol. The van der Waals surface area contributed by atoms with E-state index < -0.39 is 5.97 Å². The summed E-state index contributed by atoms with van der Waals surface area (Å²) in [6.45, 7) is 0. The van der Waals surface area contributed by atoms with Crippen LogP contribution in [0, 0.1) is 0 Å². The molecule has 1 aromatic carbocycles. The van der Waals surface area contributed by atoms with Crippen LogP contribution in [0.25, 0.3) is 0 Å². The molecule has 1 aliphatic carbocycles. The summed E-state index contributed by atoms with van der Waals surface area (Å²) in [5, 5.41) is 19.1. The number of carboxylic acids is 1.